The summed E-state index contributed by atoms with van der Waals surface area (Å²) in [5, 5.41) is 11.9. The molecule has 0 atom stereocenters. The van der Waals surface area contributed by atoms with Crippen molar-refractivity contribution in [1.82, 2.24) is 20.1 Å². The topological polar surface area (TPSA) is 74.2 Å². The van der Waals surface area contributed by atoms with Crippen molar-refractivity contribution in [3.8, 4) is 0 Å². The fourth-order valence-electron chi connectivity index (χ4n) is 2.77. The van der Waals surface area contributed by atoms with E-state index < -0.39 is 11.7 Å². The zero-order valence-corrected chi connectivity index (χ0v) is 18.6. The first kappa shape index (κ1) is 22.9. The Balaban J connectivity index is 1.50. The van der Waals surface area contributed by atoms with Gasteiger partial charge in [0, 0.05) is 38.4 Å². The number of carbonyl (C=O) groups excluding carboxylic acids is 1. The molecule has 7 nitrogen and oxygen atoms in total. The van der Waals surface area contributed by atoms with Gasteiger partial charge in [-0.25, -0.2) is 4.98 Å². The van der Waals surface area contributed by atoms with Gasteiger partial charge in [0.25, 0.3) is 0 Å². The van der Waals surface area contributed by atoms with Crippen molar-refractivity contribution in [2.45, 2.75) is 30.4 Å². The molecule has 0 spiro atoms. The Bertz CT molecular complexity index is 887. The molecule has 1 amide bonds. The summed E-state index contributed by atoms with van der Waals surface area (Å²) in [7, 11) is 0. The predicted octanol–water partition coefficient (Wildman–Crippen LogP) is 3.87. The third kappa shape index (κ3) is 5.88. The SMILES string of the molecule is CC(C)Nc1nnc(SCC(=O)N2CCN(c3ncc(C(F)(F)F)cc3Cl)CC2)s1. The first-order chi connectivity index (χ1) is 14.1. The van der Waals surface area contributed by atoms with E-state index in [-0.39, 0.29) is 22.7 Å². The average molecular weight is 481 g/mol. The lowest BCUT2D eigenvalue weighted by molar-refractivity contribution is -0.137. The second kappa shape index (κ2) is 9.56. The average Bonchev–Trinajstić information content (AvgIpc) is 3.12. The van der Waals surface area contributed by atoms with Crippen LogP contribution in [-0.2, 0) is 11.0 Å². The maximum Gasteiger partial charge on any atom is 0.417 e. The number of amides is 1. The molecule has 0 unspecified atom stereocenters. The molecule has 164 valence electrons. The van der Waals surface area contributed by atoms with Crippen molar-refractivity contribution in [3.63, 3.8) is 0 Å². The number of pyridine rings is 1. The standard InChI is InChI=1S/C17H20ClF3N6OS2/c1-10(2)23-15-24-25-16(30-15)29-9-13(28)26-3-5-27(6-4-26)14-12(18)7-11(8-22-14)17(19,20)21/h7-8,10H,3-6,9H2,1-2H3,(H,23,24). The second-order valence-electron chi connectivity index (χ2n) is 6.86. The van der Waals surface area contributed by atoms with Crippen LogP contribution in [0.2, 0.25) is 5.02 Å². The highest BCUT2D eigenvalue weighted by Gasteiger charge is 2.32. The third-order valence-electron chi connectivity index (χ3n) is 4.22. The summed E-state index contributed by atoms with van der Waals surface area (Å²) < 4.78 is 39.0. The van der Waals surface area contributed by atoms with Crippen LogP contribution in [0.1, 0.15) is 19.4 Å². The molecule has 1 N–H and O–H groups in total. The summed E-state index contributed by atoms with van der Waals surface area (Å²) in [4.78, 5) is 19.9. The van der Waals surface area contributed by atoms with Crippen LogP contribution >= 0.6 is 34.7 Å². The van der Waals surface area contributed by atoms with Gasteiger partial charge in [0.05, 0.1) is 16.3 Å². The van der Waals surface area contributed by atoms with Gasteiger partial charge in [0.2, 0.25) is 11.0 Å². The molecule has 0 saturated carbocycles. The van der Waals surface area contributed by atoms with Crippen LogP contribution in [0.3, 0.4) is 0 Å². The molecule has 3 heterocycles. The fraction of sp³-hybridized carbons (Fsp3) is 0.529. The van der Waals surface area contributed by atoms with Gasteiger partial charge in [0.15, 0.2) is 4.34 Å². The number of aromatic nitrogens is 3. The number of thioether (sulfide) groups is 1. The Morgan fingerprint density at radius 3 is 2.60 bits per heavy atom. The van der Waals surface area contributed by atoms with Crippen molar-refractivity contribution >= 4 is 51.6 Å². The van der Waals surface area contributed by atoms with Crippen molar-refractivity contribution in [2.75, 3.05) is 42.1 Å². The Kier molecular flexibility index (Phi) is 7.30. The van der Waals surface area contributed by atoms with E-state index in [9.17, 15) is 18.0 Å². The molecular formula is C17H20ClF3N6OS2. The molecule has 1 saturated heterocycles. The van der Waals surface area contributed by atoms with E-state index in [1.165, 1.54) is 23.1 Å². The van der Waals surface area contributed by atoms with Crippen LogP contribution in [0.4, 0.5) is 24.1 Å². The third-order valence-corrected chi connectivity index (χ3v) is 6.47. The molecule has 1 fully saturated rings. The monoisotopic (exact) mass is 480 g/mol. The fourth-order valence-corrected chi connectivity index (χ4v) is 4.86. The van der Waals surface area contributed by atoms with Gasteiger partial charge in [-0.15, -0.1) is 10.2 Å². The van der Waals surface area contributed by atoms with E-state index >= 15 is 0 Å². The minimum atomic E-state index is -4.49. The van der Waals surface area contributed by atoms with Crippen molar-refractivity contribution in [3.05, 3.63) is 22.8 Å². The molecule has 0 radical (unpaired) electrons. The van der Waals surface area contributed by atoms with Crippen LogP contribution in [0.25, 0.3) is 0 Å². The lowest BCUT2D eigenvalue weighted by atomic mass is 10.2. The number of alkyl halides is 3. The van der Waals surface area contributed by atoms with E-state index in [1.807, 2.05) is 13.8 Å². The minimum Gasteiger partial charge on any atom is -0.358 e. The quantitative estimate of drug-likeness (QED) is 0.629. The van der Waals surface area contributed by atoms with E-state index in [2.05, 4.69) is 20.5 Å². The molecular weight excluding hydrogens is 461 g/mol. The molecule has 0 bridgehead atoms. The second-order valence-corrected chi connectivity index (χ2v) is 9.46. The molecule has 0 aromatic carbocycles. The van der Waals surface area contributed by atoms with Crippen LogP contribution in [0, 0.1) is 0 Å². The number of hydrogen-bond acceptors (Lipinski definition) is 8. The Morgan fingerprint density at radius 2 is 2.00 bits per heavy atom. The summed E-state index contributed by atoms with van der Waals surface area (Å²) >= 11 is 8.75. The normalized spacial score (nSPS) is 15.0. The molecule has 2 aromatic heterocycles. The van der Waals surface area contributed by atoms with E-state index in [4.69, 9.17) is 11.6 Å². The molecule has 1 aliphatic rings. The van der Waals surface area contributed by atoms with E-state index in [0.29, 0.717) is 36.3 Å². The molecule has 3 rings (SSSR count). The maximum absolute atomic E-state index is 12.8. The highest BCUT2D eigenvalue weighted by molar-refractivity contribution is 8.01. The van der Waals surface area contributed by atoms with E-state index in [0.717, 1.165) is 17.4 Å². The summed E-state index contributed by atoms with van der Waals surface area (Å²) in [5.74, 6) is 0.514. The van der Waals surface area contributed by atoms with Gasteiger partial charge in [-0.2, -0.15) is 13.2 Å². The number of piperazine rings is 1. The zero-order chi connectivity index (χ0) is 21.9. The Morgan fingerprint density at radius 1 is 1.30 bits per heavy atom. The lowest BCUT2D eigenvalue weighted by Crippen LogP contribution is -2.49. The number of hydrogen-bond donors (Lipinski definition) is 1. The van der Waals surface area contributed by atoms with Gasteiger partial charge in [-0.05, 0) is 19.9 Å². The molecule has 0 aliphatic carbocycles. The summed E-state index contributed by atoms with van der Waals surface area (Å²) in [6, 6.07) is 1.13. The smallest absolute Gasteiger partial charge is 0.358 e. The number of anilines is 2. The first-order valence-electron chi connectivity index (χ1n) is 9.12. The Hall–Kier alpha value is -1.79. The highest BCUT2D eigenvalue weighted by atomic mass is 35.5. The van der Waals surface area contributed by atoms with Gasteiger partial charge in [-0.3, -0.25) is 4.79 Å². The molecule has 30 heavy (non-hydrogen) atoms. The van der Waals surface area contributed by atoms with Gasteiger partial charge < -0.3 is 15.1 Å². The van der Waals surface area contributed by atoms with Crippen molar-refractivity contribution < 1.29 is 18.0 Å². The van der Waals surface area contributed by atoms with E-state index in [1.54, 1.807) is 9.80 Å². The van der Waals surface area contributed by atoms with Gasteiger partial charge >= 0.3 is 6.18 Å². The molecule has 1 aliphatic heterocycles. The van der Waals surface area contributed by atoms with Crippen LogP contribution in [0.5, 0.6) is 0 Å². The van der Waals surface area contributed by atoms with Crippen LogP contribution in [0.15, 0.2) is 16.6 Å². The lowest BCUT2D eigenvalue weighted by Gasteiger charge is -2.35. The summed E-state index contributed by atoms with van der Waals surface area (Å²) in [6.45, 7) is 5.77. The van der Waals surface area contributed by atoms with Gasteiger partial charge in [-0.1, -0.05) is 34.7 Å². The maximum atomic E-state index is 12.8. The number of nitrogens with zero attached hydrogens (tertiary/aromatic N) is 5. The van der Waals surface area contributed by atoms with Crippen LogP contribution in [-0.4, -0.2) is 64.0 Å². The van der Waals surface area contributed by atoms with Crippen molar-refractivity contribution in [1.29, 1.82) is 0 Å². The number of rotatable bonds is 6. The summed E-state index contributed by atoms with van der Waals surface area (Å²) in [5.41, 5.74) is -0.884. The molecule has 13 heteroatoms. The number of halogens is 4. The Labute approximate surface area is 185 Å². The predicted molar refractivity (Wildman–Crippen MR) is 112 cm³/mol. The minimum absolute atomic E-state index is 0.0281. The first-order valence-corrected chi connectivity index (χ1v) is 11.3. The number of nitrogens with one attached hydrogen (secondary N) is 1. The molecule has 2 aromatic rings. The van der Waals surface area contributed by atoms with Crippen molar-refractivity contribution in [2.24, 2.45) is 0 Å². The largest absolute Gasteiger partial charge is 0.417 e. The summed E-state index contributed by atoms with van der Waals surface area (Å²) in [6.07, 6.45) is -3.71. The van der Waals surface area contributed by atoms with Crippen LogP contribution < -0.4 is 10.2 Å². The number of carbonyl (C=O) groups is 1. The zero-order valence-electron chi connectivity index (χ0n) is 16.2. The van der Waals surface area contributed by atoms with Gasteiger partial charge in [0.1, 0.15) is 5.82 Å². The highest BCUT2D eigenvalue weighted by Crippen LogP contribution is 2.34.